The molecule has 0 bridgehead atoms. The van der Waals surface area contributed by atoms with E-state index in [0.717, 1.165) is 0 Å². The minimum Gasteiger partial charge on any atom is -0.490 e. The number of carbonyl (C=O) groups is 1. The van der Waals surface area contributed by atoms with Gasteiger partial charge >= 0.3 is 0 Å². The van der Waals surface area contributed by atoms with E-state index in [4.69, 9.17) is 18.6 Å². The van der Waals surface area contributed by atoms with Crippen molar-refractivity contribution >= 4 is 22.6 Å². The molecule has 0 atom stereocenters. The van der Waals surface area contributed by atoms with Crippen LogP contribution in [0.3, 0.4) is 0 Å². The molecule has 0 unspecified atom stereocenters. The van der Waals surface area contributed by atoms with Crippen LogP contribution in [0.5, 0.6) is 23.0 Å². The summed E-state index contributed by atoms with van der Waals surface area (Å²) in [5.41, 5.74) is 0.549. The van der Waals surface area contributed by atoms with Gasteiger partial charge in [0.15, 0.2) is 18.1 Å². The average Bonchev–Trinajstić information content (AvgIpc) is 2.81. The quantitative estimate of drug-likeness (QED) is 0.441. The van der Waals surface area contributed by atoms with Gasteiger partial charge in [0.05, 0.1) is 23.9 Å². The van der Waals surface area contributed by atoms with Gasteiger partial charge in [-0.3, -0.25) is 14.6 Å². The van der Waals surface area contributed by atoms with Gasteiger partial charge in [0.1, 0.15) is 17.6 Å². The number of para-hydroxylation sites is 2. The van der Waals surface area contributed by atoms with E-state index in [2.05, 4.69) is 10.3 Å². The molecule has 2 aromatic heterocycles. The lowest BCUT2D eigenvalue weighted by Crippen LogP contribution is -2.20. The Hall–Kier alpha value is -4.33. The van der Waals surface area contributed by atoms with Crippen molar-refractivity contribution in [2.75, 3.05) is 18.5 Å². The van der Waals surface area contributed by atoms with Gasteiger partial charge in [-0.15, -0.1) is 0 Å². The SMILES string of the molecule is CCOc1ccccc1Oc1coc2cc(OCC(=O)Nc3cccnc3)ccc2c1=O. The summed E-state index contributed by atoms with van der Waals surface area (Å²) in [5, 5.41) is 3.00. The number of hydrogen-bond acceptors (Lipinski definition) is 7. The summed E-state index contributed by atoms with van der Waals surface area (Å²) in [6.45, 7) is 2.12. The maximum atomic E-state index is 12.8. The number of nitrogens with zero attached hydrogens (tertiary/aromatic N) is 1. The molecular weight excluding hydrogens is 412 g/mol. The molecule has 0 radical (unpaired) electrons. The van der Waals surface area contributed by atoms with Crippen LogP contribution in [0, 0.1) is 0 Å². The Morgan fingerprint density at radius 3 is 2.66 bits per heavy atom. The summed E-state index contributed by atoms with van der Waals surface area (Å²) < 4.78 is 22.4. The number of aromatic nitrogens is 1. The molecule has 0 aliphatic heterocycles. The zero-order valence-corrected chi connectivity index (χ0v) is 17.2. The highest BCUT2D eigenvalue weighted by Crippen LogP contribution is 2.31. The highest BCUT2D eigenvalue weighted by molar-refractivity contribution is 5.91. The fourth-order valence-corrected chi connectivity index (χ4v) is 2.96. The Morgan fingerprint density at radius 1 is 1.03 bits per heavy atom. The fraction of sp³-hybridized carbons (Fsp3) is 0.125. The zero-order chi connectivity index (χ0) is 22.3. The van der Waals surface area contributed by atoms with E-state index in [-0.39, 0.29) is 23.7 Å². The molecule has 8 nitrogen and oxygen atoms in total. The summed E-state index contributed by atoms with van der Waals surface area (Å²) in [4.78, 5) is 28.8. The van der Waals surface area contributed by atoms with Crippen LogP contribution in [-0.4, -0.2) is 24.1 Å². The molecule has 1 amide bonds. The van der Waals surface area contributed by atoms with Crippen molar-refractivity contribution in [3.05, 3.63) is 83.5 Å². The van der Waals surface area contributed by atoms with E-state index in [1.165, 1.54) is 12.5 Å². The van der Waals surface area contributed by atoms with Gasteiger partial charge in [-0.25, -0.2) is 0 Å². The predicted molar refractivity (Wildman–Crippen MR) is 119 cm³/mol. The van der Waals surface area contributed by atoms with E-state index in [0.29, 0.717) is 40.5 Å². The Labute approximate surface area is 183 Å². The third-order valence-corrected chi connectivity index (χ3v) is 4.40. The van der Waals surface area contributed by atoms with Crippen molar-refractivity contribution in [3.63, 3.8) is 0 Å². The molecule has 0 spiro atoms. The van der Waals surface area contributed by atoms with Gasteiger partial charge in [0, 0.05) is 12.3 Å². The van der Waals surface area contributed by atoms with E-state index >= 15 is 0 Å². The monoisotopic (exact) mass is 432 g/mol. The van der Waals surface area contributed by atoms with E-state index < -0.39 is 0 Å². The lowest BCUT2D eigenvalue weighted by atomic mass is 10.2. The van der Waals surface area contributed by atoms with Crippen molar-refractivity contribution in [2.24, 2.45) is 0 Å². The van der Waals surface area contributed by atoms with Gasteiger partial charge in [0.2, 0.25) is 11.2 Å². The molecule has 4 aromatic rings. The largest absolute Gasteiger partial charge is 0.490 e. The van der Waals surface area contributed by atoms with E-state index in [9.17, 15) is 9.59 Å². The summed E-state index contributed by atoms with van der Waals surface area (Å²) in [6.07, 6.45) is 4.39. The number of amides is 1. The van der Waals surface area contributed by atoms with Crippen LogP contribution < -0.4 is 25.0 Å². The number of rotatable bonds is 8. The van der Waals surface area contributed by atoms with Gasteiger partial charge in [-0.05, 0) is 43.3 Å². The first-order valence-electron chi connectivity index (χ1n) is 9.92. The molecule has 4 rings (SSSR count). The average molecular weight is 432 g/mol. The van der Waals surface area contributed by atoms with Gasteiger partial charge < -0.3 is 23.9 Å². The van der Waals surface area contributed by atoms with Crippen molar-refractivity contribution in [1.29, 1.82) is 0 Å². The number of hydrogen-bond donors (Lipinski definition) is 1. The molecule has 0 aliphatic rings. The molecule has 8 heteroatoms. The van der Waals surface area contributed by atoms with Crippen molar-refractivity contribution in [2.45, 2.75) is 6.92 Å². The molecule has 0 saturated carbocycles. The number of carbonyl (C=O) groups excluding carboxylic acids is 1. The Kier molecular flexibility index (Phi) is 6.31. The first kappa shape index (κ1) is 20.9. The first-order valence-corrected chi connectivity index (χ1v) is 9.92. The van der Waals surface area contributed by atoms with E-state index in [1.54, 1.807) is 54.7 Å². The number of nitrogens with one attached hydrogen (secondary N) is 1. The van der Waals surface area contributed by atoms with Crippen LogP contribution in [0.15, 0.2) is 82.5 Å². The maximum absolute atomic E-state index is 12.8. The molecule has 1 N–H and O–H groups in total. The van der Waals surface area contributed by atoms with Crippen LogP contribution in [0.4, 0.5) is 5.69 Å². The number of fused-ring (bicyclic) bond motifs is 1. The second-order valence-corrected chi connectivity index (χ2v) is 6.65. The number of benzene rings is 2. The minimum atomic E-state index is -0.337. The molecular formula is C24H20N2O6. The summed E-state index contributed by atoms with van der Waals surface area (Å²) in [6, 6.07) is 15.2. The van der Waals surface area contributed by atoms with Crippen molar-refractivity contribution < 1.29 is 23.4 Å². The summed E-state index contributed by atoms with van der Waals surface area (Å²) in [7, 11) is 0. The van der Waals surface area contributed by atoms with Crippen LogP contribution in [0.25, 0.3) is 11.0 Å². The third-order valence-electron chi connectivity index (χ3n) is 4.40. The van der Waals surface area contributed by atoms with Gasteiger partial charge in [0.25, 0.3) is 5.91 Å². The third kappa shape index (κ3) is 4.86. The highest BCUT2D eigenvalue weighted by atomic mass is 16.5. The highest BCUT2D eigenvalue weighted by Gasteiger charge is 2.13. The number of pyridine rings is 1. The molecule has 0 saturated heterocycles. The molecule has 162 valence electrons. The molecule has 2 heterocycles. The predicted octanol–water partition coefficient (Wildman–Crippen LogP) is 4.40. The lowest BCUT2D eigenvalue weighted by Gasteiger charge is -2.11. The Morgan fingerprint density at radius 2 is 1.88 bits per heavy atom. The standard InChI is InChI=1S/C24H20N2O6/c1-2-29-19-7-3-4-8-20(19)32-22-14-31-21-12-17(9-10-18(21)24(22)28)30-15-23(27)26-16-6-5-11-25-13-16/h3-14H,2,15H2,1H3,(H,26,27). The number of ether oxygens (including phenoxy) is 3. The van der Waals surface area contributed by atoms with Crippen LogP contribution in [0.1, 0.15) is 6.92 Å². The van der Waals surface area contributed by atoms with Crippen LogP contribution >= 0.6 is 0 Å². The molecule has 2 aromatic carbocycles. The number of anilines is 1. The van der Waals surface area contributed by atoms with Crippen LogP contribution in [-0.2, 0) is 4.79 Å². The topological polar surface area (TPSA) is 99.9 Å². The van der Waals surface area contributed by atoms with Crippen molar-refractivity contribution in [3.8, 4) is 23.0 Å². The normalized spacial score (nSPS) is 10.5. The second kappa shape index (κ2) is 9.65. The Balaban J connectivity index is 1.47. The van der Waals surface area contributed by atoms with Gasteiger partial charge in [-0.2, -0.15) is 0 Å². The minimum absolute atomic E-state index is 0.0363. The molecule has 32 heavy (non-hydrogen) atoms. The smallest absolute Gasteiger partial charge is 0.262 e. The maximum Gasteiger partial charge on any atom is 0.262 e. The lowest BCUT2D eigenvalue weighted by molar-refractivity contribution is -0.118. The summed E-state index contributed by atoms with van der Waals surface area (Å²) >= 11 is 0. The second-order valence-electron chi connectivity index (χ2n) is 6.65. The fourth-order valence-electron chi connectivity index (χ4n) is 2.96. The van der Waals surface area contributed by atoms with Crippen molar-refractivity contribution in [1.82, 2.24) is 4.98 Å². The van der Waals surface area contributed by atoms with Crippen LogP contribution in [0.2, 0.25) is 0 Å². The Bertz CT molecular complexity index is 1290. The first-order chi connectivity index (χ1) is 15.6. The summed E-state index contributed by atoms with van der Waals surface area (Å²) in [5.74, 6) is 1.03. The molecule has 0 aliphatic carbocycles. The molecule has 0 fully saturated rings. The van der Waals surface area contributed by atoms with Gasteiger partial charge in [-0.1, -0.05) is 12.1 Å². The van der Waals surface area contributed by atoms with E-state index in [1.807, 2.05) is 13.0 Å². The zero-order valence-electron chi connectivity index (χ0n) is 17.2.